The predicted octanol–water partition coefficient (Wildman–Crippen LogP) is 5.42. The topological polar surface area (TPSA) is 85.8 Å². The molecular formula is C27H31N5O. The number of carbonyl (C=O) groups is 1. The van der Waals surface area contributed by atoms with Crippen LogP contribution in [0.25, 0.3) is 22.2 Å². The maximum atomic E-state index is 13.5. The maximum Gasteiger partial charge on any atom is 0.257 e. The quantitative estimate of drug-likeness (QED) is 0.418. The van der Waals surface area contributed by atoms with E-state index in [2.05, 4.69) is 22.0 Å². The highest BCUT2D eigenvalue weighted by atomic mass is 16.1. The van der Waals surface area contributed by atoms with Gasteiger partial charge in [0.15, 0.2) is 5.65 Å². The molecule has 1 saturated carbocycles. The minimum Gasteiger partial charge on any atom is -0.384 e. The van der Waals surface area contributed by atoms with Gasteiger partial charge in [-0.3, -0.25) is 4.79 Å². The molecule has 2 aromatic heterocycles. The summed E-state index contributed by atoms with van der Waals surface area (Å²) in [6.07, 6.45) is 7.45. The molecule has 1 amide bonds. The number of fused-ring (bicyclic) bond motifs is 2. The Morgan fingerprint density at radius 1 is 1.03 bits per heavy atom. The number of para-hydroxylation sites is 2. The summed E-state index contributed by atoms with van der Waals surface area (Å²) in [7, 11) is 0. The summed E-state index contributed by atoms with van der Waals surface area (Å²) in [6.45, 7) is 2.04. The Morgan fingerprint density at radius 3 is 2.42 bits per heavy atom. The van der Waals surface area contributed by atoms with Crippen molar-refractivity contribution in [2.24, 2.45) is 0 Å². The largest absolute Gasteiger partial charge is 0.384 e. The first-order chi connectivity index (χ1) is 16.1. The lowest BCUT2D eigenvalue weighted by Gasteiger charge is -2.25. The van der Waals surface area contributed by atoms with E-state index in [0.29, 0.717) is 16.9 Å². The Balaban J connectivity index is 1.49. The Labute approximate surface area is 194 Å². The number of carbonyl (C=O) groups excluding carboxylic acids is 1. The van der Waals surface area contributed by atoms with Crippen LogP contribution in [-0.4, -0.2) is 26.5 Å². The lowest BCUT2D eigenvalue weighted by Crippen LogP contribution is -2.33. The summed E-state index contributed by atoms with van der Waals surface area (Å²) in [5.74, 6) is 0.317. The number of nitrogens with one attached hydrogen (secondary N) is 1. The monoisotopic (exact) mass is 441 g/mol. The molecular weight excluding hydrogens is 410 g/mol. The molecule has 0 aliphatic heterocycles. The van der Waals surface area contributed by atoms with Crippen LogP contribution >= 0.6 is 0 Å². The van der Waals surface area contributed by atoms with Gasteiger partial charge in [0.25, 0.3) is 5.91 Å². The van der Waals surface area contributed by atoms with E-state index in [1.807, 2.05) is 49.4 Å². The van der Waals surface area contributed by atoms with E-state index in [1.165, 1.54) is 24.8 Å². The number of anilines is 1. The first-order valence-corrected chi connectivity index (χ1v) is 12.0. The molecule has 0 radical (unpaired) electrons. The van der Waals surface area contributed by atoms with Crippen LogP contribution in [0.3, 0.4) is 0 Å². The van der Waals surface area contributed by atoms with Gasteiger partial charge in [0.05, 0.1) is 11.0 Å². The summed E-state index contributed by atoms with van der Waals surface area (Å²) in [6, 6.07) is 18.4. The van der Waals surface area contributed by atoms with Gasteiger partial charge >= 0.3 is 0 Å². The van der Waals surface area contributed by atoms with Gasteiger partial charge in [-0.05, 0) is 50.3 Å². The number of hydrogen-bond acceptors (Lipinski definition) is 4. The molecule has 6 nitrogen and oxygen atoms in total. The molecule has 4 aromatic rings. The van der Waals surface area contributed by atoms with Gasteiger partial charge in [-0.25, -0.2) is 9.97 Å². The molecule has 1 atom stereocenters. The first kappa shape index (κ1) is 21.4. The zero-order chi connectivity index (χ0) is 22.8. The second kappa shape index (κ2) is 9.22. The second-order valence-corrected chi connectivity index (χ2v) is 9.21. The van der Waals surface area contributed by atoms with E-state index in [0.717, 1.165) is 42.4 Å². The molecule has 2 aromatic carbocycles. The second-order valence-electron chi connectivity index (χ2n) is 9.21. The van der Waals surface area contributed by atoms with Crippen molar-refractivity contribution in [3.8, 4) is 0 Å². The highest BCUT2D eigenvalue weighted by Crippen LogP contribution is 2.37. The van der Waals surface area contributed by atoms with Crippen LogP contribution < -0.4 is 11.1 Å². The van der Waals surface area contributed by atoms with Crippen molar-refractivity contribution in [2.45, 2.75) is 64.0 Å². The molecule has 170 valence electrons. The van der Waals surface area contributed by atoms with Gasteiger partial charge < -0.3 is 15.6 Å². The molecule has 0 saturated heterocycles. The average molecular weight is 442 g/mol. The molecule has 6 heteroatoms. The summed E-state index contributed by atoms with van der Waals surface area (Å²) < 4.78 is 2.08. The van der Waals surface area contributed by atoms with Crippen LogP contribution in [-0.2, 0) is 6.42 Å². The number of aryl methyl sites for hydroxylation is 1. The number of nitrogens with two attached hydrogens (primary N) is 1. The molecule has 2 heterocycles. The fraction of sp³-hybridized carbons (Fsp3) is 0.370. The average Bonchev–Trinajstić information content (AvgIpc) is 3.13. The maximum absolute atomic E-state index is 13.5. The van der Waals surface area contributed by atoms with E-state index < -0.39 is 0 Å². The van der Waals surface area contributed by atoms with Crippen molar-refractivity contribution in [2.75, 3.05) is 5.73 Å². The predicted molar refractivity (Wildman–Crippen MR) is 133 cm³/mol. The molecule has 1 unspecified atom stereocenters. The van der Waals surface area contributed by atoms with Crippen molar-refractivity contribution >= 4 is 33.9 Å². The third-order valence-electron chi connectivity index (χ3n) is 6.79. The van der Waals surface area contributed by atoms with Crippen molar-refractivity contribution in [1.29, 1.82) is 0 Å². The summed E-state index contributed by atoms with van der Waals surface area (Å²) in [4.78, 5) is 23.2. The Hall–Kier alpha value is -3.41. The van der Waals surface area contributed by atoms with Crippen molar-refractivity contribution < 1.29 is 4.79 Å². The number of amides is 1. The third kappa shape index (κ3) is 4.30. The van der Waals surface area contributed by atoms with Gasteiger partial charge in [0, 0.05) is 12.1 Å². The zero-order valence-electron chi connectivity index (χ0n) is 19.1. The first-order valence-electron chi connectivity index (χ1n) is 12.0. The van der Waals surface area contributed by atoms with E-state index >= 15 is 0 Å². The Bertz CT molecular complexity index is 1270. The third-order valence-corrected chi connectivity index (χ3v) is 6.79. The van der Waals surface area contributed by atoms with Gasteiger partial charge in [0.1, 0.15) is 16.9 Å². The number of hydrogen-bond donors (Lipinski definition) is 2. The number of nitrogens with zero attached hydrogens (tertiary/aromatic N) is 3. The lowest BCUT2D eigenvalue weighted by molar-refractivity contribution is 0.0940. The van der Waals surface area contributed by atoms with Gasteiger partial charge in [-0.15, -0.1) is 0 Å². The standard InChI is InChI=1S/C27H31N5O/c1-18(16-17-19-10-4-2-5-11-19)29-27(33)23-24-26(31-22-15-9-8-14-21(22)30-24)32(25(23)28)20-12-6-3-7-13-20/h2,4-5,8-11,14-15,18,20H,3,6-7,12-13,16-17,28H2,1H3,(H,29,33). The van der Waals surface area contributed by atoms with Crippen LogP contribution in [0.15, 0.2) is 54.6 Å². The van der Waals surface area contributed by atoms with Gasteiger partial charge in [0.2, 0.25) is 0 Å². The van der Waals surface area contributed by atoms with E-state index in [1.54, 1.807) is 0 Å². The van der Waals surface area contributed by atoms with Crippen molar-refractivity contribution in [1.82, 2.24) is 19.9 Å². The fourth-order valence-corrected chi connectivity index (χ4v) is 5.01. The summed E-state index contributed by atoms with van der Waals surface area (Å²) in [5, 5.41) is 3.16. The Morgan fingerprint density at radius 2 is 1.70 bits per heavy atom. The molecule has 1 aliphatic carbocycles. The zero-order valence-corrected chi connectivity index (χ0v) is 19.1. The smallest absolute Gasteiger partial charge is 0.257 e. The minimum atomic E-state index is -0.169. The number of nitrogen functional groups attached to an aromatic ring is 1. The van der Waals surface area contributed by atoms with E-state index in [4.69, 9.17) is 15.7 Å². The van der Waals surface area contributed by atoms with Crippen LogP contribution in [0.4, 0.5) is 5.82 Å². The highest BCUT2D eigenvalue weighted by molar-refractivity contribution is 6.10. The van der Waals surface area contributed by atoms with Crippen molar-refractivity contribution in [3.63, 3.8) is 0 Å². The van der Waals surface area contributed by atoms with Crippen LogP contribution in [0.5, 0.6) is 0 Å². The number of aromatic nitrogens is 3. The SMILES string of the molecule is CC(CCc1ccccc1)NC(=O)c1c(N)n(C2CCCCC2)c2nc3ccccc3nc12. The molecule has 0 spiro atoms. The van der Waals surface area contributed by atoms with Crippen LogP contribution in [0.2, 0.25) is 0 Å². The highest BCUT2D eigenvalue weighted by Gasteiger charge is 2.28. The van der Waals surface area contributed by atoms with Crippen molar-refractivity contribution in [3.05, 3.63) is 65.7 Å². The Kier molecular flexibility index (Phi) is 5.99. The van der Waals surface area contributed by atoms with Gasteiger partial charge in [-0.1, -0.05) is 61.7 Å². The molecule has 3 N–H and O–H groups in total. The molecule has 0 bridgehead atoms. The lowest BCUT2D eigenvalue weighted by atomic mass is 9.95. The van der Waals surface area contributed by atoms with E-state index in [-0.39, 0.29) is 18.0 Å². The minimum absolute atomic E-state index is 0.0126. The van der Waals surface area contributed by atoms with Crippen LogP contribution in [0.1, 0.15) is 67.4 Å². The molecule has 5 rings (SSSR count). The van der Waals surface area contributed by atoms with E-state index in [9.17, 15) is 4.79 Å². The summed E-state index contributed by atoms with van der Waals surface area (Å²) in [5.41, 5.74) is 11.3. The summed E-state index contributed by atoms with van der Waals surface area (Å²) >= 11 is 0. The molecule has 33 heavy (non-hydrogen) atoms. The van der Waals surface area contributed by atoms with Crippen LogP contribution in [0, 0.1) is 0 Å². The van der Waals surface area contributed by atoms with Gasteiger partial charge in [-0.2, -0.15) is 0 Å². The number of rotatable bonds is 6. The molecule has 1 fully saturated rings. The number of benzene rings is 2. The fourth-order valence-electron chi connectivity index (χ4n) is 5.01. The molecule has 1 aliphatic rings. The normalized spacial score (nSPS) is 15.7.